The van der Waals surface area contributed by atoms with E-state index in [9.17, 15) is 19.5 Å². The smallest absolute Gasteiger partial charge is 0.308 e. The van der Waals surface area contributed by atoms with Gasteiger partial charge in [0.05, 0.1) is 5.92 Å². The highest BCUT2D eigenvalue weighted by atomic mass is 16.4. The summed E-state index contributed by atoms with van der Waals surface area (Å²) in [6, 6.07) is 7.66. The summed E-state index contributed by atoms with van der Waals surface area (Å²) in [4.78, 5) is 39.8. The van der Waals surface area contributed by atoms with Crippen molar-refractivity contribution in [2.45, 2.75) is 25.7 Å². The second-order valence-corrected chi connectivity index (χ2v) is 7.35. The zero-order chi connectivity index (χ0) is 17.6. The fourth-order valence-corrected chi connectivity index (χ4v) is 4.20. The van der Waals surface area contributed by atoms with Crippen LogP contribution in [0.4, 0.5) is 5.69 Å². The van der Waals surface area contributed by atoms with Gasteiger partial charge in [-0.15, -0.1) is 0 Å². The molecule has 2 amide bonds. The number of aliphatic carboxylic acids is 1. The molecular weight excluding hydrogens is 320 g/mol. The number of likely N-dealkylation sites (tertiary alicyclic amines) is 1. The minimum atomic E-state index is -0.813. The van der Waals surface area contributed by atoms with Gasteiger partial charge in [0, 0.05) is 25.2 Å². The summed E-state index contributed by atoms with van der Waals surface area (Å²) in [7, 11) is 0. The maximum atomic E-state index is 12.8. The lowest BCUT2D eigenvalue weighted by molar-refractivity contribution is -0.142. The molecule has 0 radical (unpaired) electrons. The van der Waals surface area contributed by atoms with Crippen LogP contribution in [0.1, 0.15) is 24.8 Å². The summed E-state index contributed by atoms with van der Waals surface area (Å²) in [5, 5.41) is 9.45. The monoisotopic (exact) mass is 342 g/mol. The third-order valence-corrected chi connectivity index (χ3v) is 5.75. The topological polar surface area (TPSA) is 77.9 Å². The van der Waals surface area contributed by atoms with Crippen LogP contribution >= 0.6 is 0 Å². The first-order valence-corrected chi connectivity index (χ1v) is 8.93. The van der Waals surface area contributed by atoms with Crippen LogP contribution in [0.2, 0.25) is 0 Å². The Morgan fingerprint density at radius 2 is 1.88 bits per heavy atom. The zero-order valence-electron chi connectivity index (χ0n) is 14.1. The number of amides is 2. The SMILES string of the molecule is O=C(O)[C@H]1CN(C(=O)CN2C(=O)CCc3ccccc32)C[C@@H]1C1CC1. The first-order valence-electron chi connectivity index (χ1n) is 8.93. The Balaban J connectivity index is 1.49. The predicted molar refractivity (Wildman–Crippen MR) is 91.0 cm³/mol. The molecule has 0 bridgehead atoms. The Kier molecular flexibility index (Phi) is 3.98. The first kappa shape index (κ1) is 16.1. The molecular formula is C19H22N2O4. The number of carbonyl (C=O) groups is 3. The number of nitrogens with zero attached hydrogens (tertiary/aromatic N) is 2. The Bertz CT molecular complexity index is 728. The Labute approximate surface area is 146 Å². The molecule has 4 rings (SSSR count). The lowest BCUT2D eigenvalue weighted by atomic mass is 9.92. The summed E-state index contributed by atoms with van der Waals surface area (Å²) in [5.41, 5.74) is 1.88. The number of carboxylic acids is 1. The molecule has 2 fully saturated rings. The van der Waals surface area contributed by atoms with Gasteiger partial charge in [-0.05, 0) is 42.7 Å². The highest BCUT2D eigenvalue weighted by Crippen LogP contribution is 2.44. The molecule has 2 atom stereocenters. The van der Waals surface area contributed by atoms with Crippen LogP contribution in [0.15, 0.2) is 24.3 Å². The van der Waals surface area contributed by atoms with Gasteiger partial charge in [0.15, 0.2) is 0 Å². The summed E-state index contributed by atoms with van der Waals surface area (Å²) < 4.78 is 0. The molecule has 6 nitrogen and oxygen atoms in total. The van der Waals surface area contributed by atoms with Gasteiger partial charge in [0.2, 0.25) is 11.8 Å². The maximum absolute atomic E-state index is 12.8. The number of anilines is 1. The molecule has 25 heavy (non-hydrogen) atoms. The Morgan fingerprint density at radius 3 is 2.60 bits per heavy atom. The average Bonchev–Trinajstić information content (AvgIpc) is 3.35. The third-order valence-electron chi connectivity index (χ3n) is 5.75. The van der Waals surface area contributed by atoms with E-state index >= 15 is 0 Å². The minimum Gasteiger partial charge on any atom is -0.481 e. The number of benzene rings is 1. The number of aryl methyl sites for hydroxylation is 1. The fourth-order valence-electron chi connectivity index (χ4n) is 4.20. The Hall–Kier alpha value is -2.37. The lowest BCUT2D eigenvalue weighted by Gasteiger charge is -2.30. The average molecular weight is 342 g/mol. The van der Waals surface area contributed by atoms with E-state index in [4.69, 9.17) is 0 Å². The molecule has 1 saturated carbocycles. The van der Waals surface area contributed by atoms with Crippen molar-refractivity contribution < 1.29 is 19.5 Å². The van der Waals surface area contributed by atoms with E-state index in [2.05, 4.69) is 0 Å². The normalized spacial score (nSPS) is 25.8. The second kappa shape index (κ2) is 6.17. The van der Waals surface area contributed by atoms with E-state index in [1.165, 1.54) is 0 Å². The number of rotatable bonds is 4. The van der Waals surface area contributed by atoms with Crippen LogP contribution in [0, 0.1) is 17.8 Å². The standard InChI is InChI=1S/C19H22N2O4/c22-17-8-7-13-3-1-2-4-16(13)21(17)11-18(23)20-9-14(12-5-6-12)15(10-20)19(24)25/h1-4,12,14-15H,5-11H2,(H,24,25)/t14-,15+/m1/s1. The van der Waals surface area contributed by atoms with Gasteiger partial charge in [0.25, 0.3) is 0 Å². The van der Waals surface area contributed by atoms with Gasteiger partial charge < -0.3 is 14.9 Å². The van der Waals surface area contributed by atoms with Crippen molar-refractivity contribution in [3.8, 4) is 0 Å². The number of carboxylic acid groups (broad SMARTS) is 1. The largest absolute Gasteiger partial charge is 0.481 e. The molecule has 0 aromatic heterocycles. The van der Waals surface area contributed by atoms with E-state index in [1.807, 2.05) is 24.3 Å². The lowest BCUT2D eigenvalue weighted by Crippen LogP contribution is -2.44. The summed E-state index contributed by atoms with van der Waals surface area (Å²) in [6.45, 7) is 0.767. The van der Waals surface area contributed by atoms with Crippen molar-refractivity contribution in [2.24, 2.45) is 17.8 Å². The molecule has 132 valence electrons. The van der Waals surface area contributed by atoms with Gasteiger partial charge in [-0.3, -0.25) is 14.4 Å². The number of carbonyl (C=O) groups excluding carboxylic acids is 2. The number of para-hydroxylation sites is 1. The minimum absolute atomic E-state index is 0.000424. The first-order chi connectivity index (χ1) is 12.0. The summed E-state index contributed by atoms with van der Waals surface area (Å²) in [5.74, 6) is -0.978. The highest BCUT2D eigenvalue weighted by Gasteiger charge is 2.47. The van der Waals surface area contributed by atoms with E-state index in [1.54, 1.807) is 9.80 Å². The molecule has 6 heteroatoms. The van der Waals surface area contributed by atoms with E-state index < -0.39 is 11.9 Å². The number of fused-ring (bicyclic) bond motifs is 1. The molecule has 2 heterocycles. The van der Waals surface area contributed by atoms with Gasteiger partial charge in [-0.25, -0.2) is 0 Å². The zero-order valence-corrected chi connectivity index (χ0v) is 14.1. The van der Waals surface area contributed by atoms with E-state index in [-0.39, 0.29) is 30.8 Å². The van der Waals surface area contributed by atoms with Crippen molar-refractivity contribution in [1.82, 2.24) is 4.90 Å². The second-order valence-electron chi connectivity index (χ2n) is 7.35. The molecule has 0 unspecified atom stereocenters. The molecule has 1 aromatic carbocycles. The van der Waals surface area contributed by atoms with Crippen molar-refractivity contribution >= 4 is 23.5 Å². The summed E-state index contributed by atoms with van der Waals surface area (Å²) >= 11 is 0. The van der Waals surface area contributed by atoms with Crippen LogP contribution in [0.5, 0.6) is 0 Å². The maximum Gasteiger partial charge on any atom is 0.308 e. The van der Waals surface area contributed by atoms with Crippen molar-refractivity contribution in [1.29, 1.82) is 0 Å². The molecule has 2 aliphatic heterocycles. The molecule has 1 aromatic rings. The molecule has 1 N–H and O–H groups in total. The van der Waals surface area contributed by atoms with E-state index in [0.717, 1.165) is 24.1 Å². The van der Waals surface area contributed by atoms with Gasteiger partial charge in [-0.2, -0.15) is 0 Å². The van der Waals surface area contributed by atoms with Crippen LogP contribution in [-0.2, 0) is 20.8 Å². The summed E-state index contributed by atoms with van der Waals surface area (Å²) in [6.07, 6.45) is 3.24. The molecule has 1 aliphatic carbocycles. The number of hydrogen-bond acceptors (Lipinski definition) is 3. The Morgan fingerprint density at radius 1 is 1.12 bits per heavy atom. The van der Waals surface area contributed by atoms with Crippen LogP contribution in [0.25, 0.3) is 0 Å². The van der Waals surface area contributed by atoms with Crippen LogP contribution in [-0.4, -0.2) is 47.4 Å². The molecule has 0 spiro atoms. The van der Waals surface area contributed by atoms with Gasteiger partial charge >= 0.3 is 5.97 Å². The van der Waals surface area contributed by atoms with Crippen molar-refractivity contribution in [3.63, 3.8) is 0 Å². The van der Waals surface area contributed by atoms with Gasteiger partial charge in [-0.1, -0.05) is 18.2 Å². The van der Waals surface area contributed by atoms with Crippen molar-refractivity contribution in [3.05, 3.63) is 29.8 Å². The third kappa shape index (κ3) is 3.01. The van der Waals surface area contributed by atoms with Crippen LogP contribution < -0.4 is 4.90 Å². The van der Waals surface area contributed by atoms with Crippen LogP contribution in [0.3, 0.4) is 0 Å². The predicted octanol–water partition coefficient (Wildman–Crippen LogP) is 1.53. The van der Waals surface area contributed by atoms with Crippen molar-refractivity contribution in [2.75, 3.05) is 24.5 Å². The van der Waals surface area contributed by atoms with E-state index in [0.29, 0.717) is 25.3 Å². The number of hydrogen-bond donors (Lipinski definition) is 1. The quantitative estimate of drug-likeness (QED) is 0.900. The molecule has 3 aliphatic rings. The fraction of sp³-hybridized carbons (Fsp3) is 0.526. The van der Waals surface area contributed by atoms with Gasteiger partial charge in [0.1, 0.15) is 6.54 Å². The molecule has 1 saturated heterocycles. The highest BCUT2D eigenvalue weighted by molar-refractivity contribution is 6.01.